The van der Waals surface area contributed by atoms with Gasteiger partial charge in [0.15, 0.2) is 0 Å². The van der Waals surface area contributed by atoms with Crippen molar-refractivity contribution >= 4 is 5.97 Å². The minimum absolute atomic E-state index is 0.0993. The number of aromatic nitrogens is 3. The Kier molecular flexibility index (Phi) is 5.44. The molecule has 0 saturated heterocycles. The number of aliphatic carboxylic acids is 1. The minimum Gasteiger partial charge on any atom is -0.480 e. The summed E-state index contributed by atoms with van der Waals surface area (Å²) < 4.78 is 15.0. The van der Waals surface area contributed by atoms with E-state index < -0.39 is 12.0 Å². The third-order valence-corrected chi connectivity index (χ3v) is 3.57. The van der Waals surface area contributed by atoms with Crippen LogP contribution >= 0.6 is 0 Å². The monoisotopic (exact) mass is 320 g/mol. The van der Waals surface area contributed by atoms with Gasteiger partial charge < -0.3 is 5.11 Å². The summed E-state index contributed by atoms with van der Waals surface area (Å²) in [5.74, 6) is -1.34. The van der Waals surface area contributed by atoms with Crippen molar-refractivity contribution in [1.29, 1.82) is 0 Å². The largest absolute Gasteiger partial charge is 0.480 e. The van der Waals surface area contributed by atoms with E-state index >= 15 is 0 Å². The standard InChI is InChI=1S/C16H21FN4O2/c1-11(2)15(16(22)23)21(10-14-9-20(3)19-18-14)8-12-5-4-6-13(17)7-12/h4-7,9,11,15H,8,10H2,1-3H3,(H,22,23). The fourth-order valence-corrected chi connectivity index (χ4v) is 2.66. The first-order chi connectivity index (χ1) is 10.9. The molecule has 0 aliphatic heterocycles. The second kappa shape index (κ2) is 7.32. The van der Waals surface area contributed by atoms with Crippen molar-refractivity contribution in [2.45, 2.75) is 33.0 Å². The molecule has 1 unspecified atom stereocenters. The van der Waals surface area contributed by atoms with Crippen LogP contribution in [0.5, 0.6) is 0 Å². The van der Waals surface area contributed by atoms with Crippen LogP contribution in [-0.4, -0.2) is 37.0 Å². The molecular weight excluding hydrogens is 299 g/mol. The van der Waals surface area contributed by atoms with Gasteiger partial charge in [-0.15, -0.1) is 5.10 Å². The maximum Gasteiger partial charge on any atom is 0.321 e. The van der Waals surface area contributed by atoms with Crippen molar-refractivity contribution in [1.82, 2.24) is 19.9 Å². The molecule has 1 N–H and O–H groups in total. The van der Waals surface area contributed by atoms with Crippen molar-refractivity contribution in [3.63, 3.8) is 0 Å². The molecule has 1 aromatic carbocycles. The predicted molar refractivity (Wildman–Crippen MR) is 82.9 cm³/mol. The van der Waals surface area contributed by atoms with Crippen LogP contribution in [0.15, 0.2) is 30.5 Å². The normalized spacial score (nSPS) is 12.8. The minimum atomic E-state index is -0.903. The summed E-state index contributed by atoms with van der Waals surface area (Å²) in [4.78, 5) is 13.5. The average Bonchev–Trinajstić information content (AvgIpc) is 2.83. The summed E-state index contributed by atoms with van der Waals surface area (Å²) in [6.45, 7) is 4.37. The molecule has 1 aromatic heterocycles. The quantitative estimate of drug-likeness (QED) is 0.845. The van der Waals surface area contributed by atoms with Gasteiger partial charge in [0.2, 0.25) is 0 Å². The van der Waals surface area contributed by atoms with E-state index in [1.54, 1.807) is 35.0 Å². The van der Waals surface area contributed by atoms with E-state index in [1.165, 1.54) is 12.1 Å². The van der Waals surface area contributed by atoms with Gasteiger partial charge in [-0.2, -0.15) is 0 Å². The number of nitrogens with zero attached hydrogens (tertiary/aromatic N) is 4. The highest BCUT2D eigenvalue weighted by Gasteiger charge is 2.29. The van der Waals surface area contributed by atoms with Gasteiger partial charge in [0.1, 0.15) is 11.9 Å². The number of carboxylic acids is 1. The lowest BCUT2D eigenvalue weighted by atomic mass is 10.0. The van der Waals surface area contributed by atoms with E-state index in [1.807, 2.05) is 13.8 Å². The van der Waals surface area contributed by atoms with Gasteiger partial charge in [-0.25, -0.2) is 4.39 Å². The van der Waals surface area contributed by atoms with E-state index in [0.29, 0.717) is 18.8 Å². The van der Waals surface area contributed by atoms with Crippen molar-refractivity contribution in [2.24, 2.45) is 13.0 Å². The lowest BCUT2D eigenvalue weighted by Gasteiger charge is -2.30. The van der Waals surface area contributed by atoms with Gasteiger partial charge in [-0.1, -0.05) is 31.2 Å². The van der Waals surface area contributed by atoms with Crippen molar-refractivity contribution < 1.29 is 14.3 Å². The highest BCUT2D eigenvalue weighted by atomic mass is 19.1. The Morgan fingerprint density at radius 2 is 2.13 bits per heavy atom. The van der Waals surface area contributed by atoms with Crippen molar-refractivity contribution in [2.75, 3.05) is 0 Å². The van der Waals surface area contributed by atoms with Gasteiger partial charge in [0, 0.05) is 26.3 Å². The van der Waals surface area contributed by atoms with Crippen LogP contribution in [0.2, 0.25) is 0 Å². The summed E-state index contributed by atoms with van der Waals surface area (Å²) >= 11 is 0. The highest BCUT2D eigenvalue weighted by molar-refractivity contribution is 5.73. The Balaban J connectivity index is 2.27. The van der Waals surface area contributed by atoms with Gasteiger partial charge in [0.05, 0.1) is 5.69 Å². The number of benzene rings is 1. The van der Waals surface area contributed by atoms with Crippen LogP contribution in [0, 0.1) is 11.7 Å². The fraction of sp³-hybridized carbons (Fsp3) is 0.438. The van der Waals surface area contributed by atoms with Crippen LogP contribution in [0.3, 0.4) is 0 Å². The number of carbonyl (C=O) groups is 1. The average molecular weight is 320 g/mol. The molecule has 2 aromatic rings. The Labute approximate surface area is 134 Å². The van der Waals surface area contributed by atoms with Crippen molar-refractivity contribution in [3.05, 3.63) is 47.5 Å². The highest BCUT2D eigenvalue weighted by Crippen LogP contribution is 2.18. The number of hydrogen-bond acceptors (Lipinski definition) is 4. The zero-order valence-electron chi connectivity index (χ0n) is 13.5. The number of aryl methyl sites for hydroxylation is 1. The summed E-state index contributed by atoms with van der Waals surface area (Å²) in [6.07, 6.45) is 1.75. The Hall–Kier alpha value is -2.28. The van der Waals surface area contributed by atoms with E-state index in [2.05, 4.69) is 10.3 Å². The number of hydrogen-bond donors (Lipinski definition) is 1. The van der Waals surface area contributed by atoms with Crippen LogP contribution < -0.4 is 0 Å². The maximum atomic E-state index is 13.4. The van der Waals surface area contributed by atoms with Gasteiger partial charge in [-0.05, 0) is 23.6 Å². The first-order valence-corrected chi connectivity index (χ1v) is 7.43. The number of carboxylic acid groups (broad SMARTS) is 1. The summed E-state index contributed by atoms with van der Waals surface area (Å²) in [5, 5.41) is 17.5. The van der Waals surface area contributed by atoms with E-state index in [4.69, 9.17) is 0 Å². The van der Waals surface area contributed by atoms with Crippen LogP contribution in [-0.2, 0) is 24.9 Å². The van der Waals surface area contributed by atoms with Gasteiger partial charge >= 0.3 is 5.97 Å². The Morgan fingerprint density at radius 3 is 2.65 bits per heavy atom. The molecule has 0 spiro atoms. The molecule has 0 bridgehead atoms. The third kappa shape index (κ3) is 4.59. The Bertz CT molecular complexity index is 672. The van der Waals surface area contributed by atoms with E-state index in [-0.39, 0.29) is 11.7 Å². The topological polar surface area (TPSA) is 71.2 Å². The molecule has 23 heavy (non-hydrogen) atoms. The zero-order valence-corrected chi connectivity index (χ0v) is 13.5. The second-order valence-corrected chi connectivity index (χ2v) is 5.95. The molecule has 1 heterocycles. The smallest absolute Gasteiger partial charge is 0.321 e. The molecule has 0 aliphatic carbocycles. The van der Waals surface area contributed by atoms with Crippen LogP contribution in [0.1, 0.15) is 25.1 Å². The predicted octanol–water partition coefficient (Wildman–Crippen LogP) is 2.07. The molecule has 6 nitrogen and oxygen atoms in total. The molecule has 0 saturated carbocycles. The first-order valence-electron chi connectivity index (χ1n) is 7.43. The van der Waals surface area contributed by atoms with Crippen molar-refractivity contribution in [3.8, 4) is 0 Å². The van der Waals surface area contributed by atoms with Gasteiger partial charge in [0.25, 0.3) is 0 Å². The van der Waals surface area contributed by atoms with E-state index in [0.717, 1.165) is 5.56 Å². The molecule has 124 valence electrons. The Morgan fingerprint density at radius 1 is 1.39 bits per heavy atom. The number of halogens is 1. The molecule has 0 radical (unpaired) electrons. The van der Waals surface area contributed by atoms with Crippen LogP contribution in [0.25, 0.3) is 0 Å². The maximum absolute atomic E-state index is 13.4. The molecular formula is C16H21FN4O2. The second-order valence-electron chi connectivity index (χ2n) is 5.95. The third-order valence-electron chi connectivity index (χ3n) is 3.57. The zero-order chi connectivity index (χ0) is 17.0. The molecule has 2 rings (SSSR count). The lowest BCUT2D eigenvalue weighted by molar-refractivity contribution is -0.145. The SMILES string of the molecule is CC(C)C(C(=O)O)N(Cc1cccc(F)c1)Cc1cn(C)nn1. The molecule has 7 heteroatoms. The fourth-order valence-electron chi connectivity index (χ4n) is 2.66. The summed E-state index contributed by atoms with van der Waals surface area (Å²) in [6, 6.07) is 5.50. The molecule has 0 fully saturated rings. The van der Waals surface area contributed by atoms with Crippen LogP contribution in [0.4, 0.5) is 4.39 Å². The lowest BCUT2D eigenvalue weighted by Crippen LogP contribution is -2.44. The summed E-state index contributed by atoms with van der Waals surface area (Å²) in [5.41, 5.74) is 1.40. The first kappa shape index (κ1) is 17.1. The van der Waals surface area contributed by atoms with E-state index in [9.17, 15) is 14.3 Å². The number of rotatable bonds is 7. The molecule has 1 atom stereocenters. The molecule has 0 amide bonds. The van der Waals surface area contributed by atoms with Gasteiger partial charge in [-0.3, -0.25) is 14.4 Å². The summed E-state index contributed by atoms with van der Waals surface area (Å²) in [7, 11) is 1.75. The molecule has 0 aliphatic rings.